The number of hydroxylamine groups is 1. The number of carbonyl (C=O) groups excluding carboxylic acids is 2. The van der Waals surface area contributed by atoms with Crippen LogP contribution in [0.1, 0.15) is 19.3 Å². The Labute approximate surface area is 183 Å². The van der Waals surface area contributed by atoms with E-state index in [1.807, 2.05) is 47.4 Å². The predicted molar refractivity (Wildman–Crippen MR) is 120 cm³/mol. The van der Waals surface area contributed by atoms with Gasteiger partial charge in [-0.1, -0.05) is 42.5 Å². The molecule has 2 amide bonds. The summed E-state index contributed by atoms with van der Waals surface area (Å²) in [5.41, 5.74) is 1.57. The molecular weight excluding hydrogens is 394 g/mol. The fourth-order valence-corrected chi connectivity index (χ4v) is 3.78. The summed E-state index contributed by atoms with van der Waals surface area (Å²) in [6.07, 6.45) is 5.06. The van der Waals surface area contributed by atoms with Crippen LogP contribution in [-0.4, -0.2) is 66.7 Å². The third kappa shape index (κ3) is 6.54. The van der Waals surface area contributed by atoms with E-state index in [0.717, 1.165) is 49.1 Å². The average molecular weight is 426 g/mol. The number of hydrogen-bond acceptors (Lipinski definition) is 5. The van der Waals surface area contributed by atoms with Gasteiger partial charge in [-0.25, -0.2) is 5.48 Å². The van der Waals surface area contributed by atoms with Crippen molar-refractivity contribution < 1.29 is 19.5 Å². The van der Waals surface area contributed by atoms with E-state index in [1.165, 1.54) is 6.08 Å². The van der Waals surface area contributed by atoms with E-state index in [0.29, 0.717) is 19.4 Å². The van der Waals surface area contributed by atoms with Gasteiger partial charge in [0, 0.05) is 37.6 Å². The SMILES string of the molecule is CN1CCN(C(=O)C(CCCC=CC(=O)NO)COc2cccc3ccccc23)CC1. The Hall–Kier alpha value is -2.90. The first-order chi connectivity index (χ1) is 15.1. The van der Waals surface area contributed by atoms with E-state index in [1.54, 1.807) is 11.6 Å². The number of benzene rings is 2. The summed E-state index contributed by atoms with van der Waals surface area (Å²) in [4.78, 5) is 28.5. The number of ether oxygens (including phenoxy) is 1. The second-order valence-corrected chi connectivity index (χ2v) is 7.92. The van der Waals surface area contributed by atoms with Crippen LogP contribution in [-0.2, 0) is 9.59 Å². The molecule has 3 rings (SSSR count). The molecule has 31 heavy (non-hydrogen) atoms. The summed E-state index contributed by atoms with van der Waals surface area (Å²) in [6.45, 7) is 3.54. The fourth-order valence-electron chi connectivity index (χ4n) is 3.78. The Morgan fingerprint density at radius 1 is 1.13 bits per heavy atom. The van der Waals surface area contributed by atoms with Crippen LogP contribution in [0, 0.1) is 5.92 Å². The highest BCUT2D eigenvalue weighted by molar-refractivity contribution is 5.88. The van der Waals surface area contributed by atoms with Gasteiger partial charge in [-0.2, -0.15) is 0 Å². The van der Waals surface area contributed by atoms with E-state index < -0.39 is 5.91 Å². The molecule has 2 aromatic rings. The Balaban J connectivity index is 1.65. The van der Waals surface area contributed by atoms with Crippen molar-refractivity contribution in [3.63, 3.8) is 0 Å². The smallest absolute Gasteiger partial charge is 0.267 e. The van der Waals surface area contributed by atoms with Gasteiger partial charge in [0.15, 0.2) is 0 Å². The van der Waals surface area contributed by atoms with Gasteiger partial charge < -0.3 is 14.5 Å². The number of hydrogen-bond donors (Lipinski definition) is 2. The first-order valence-electron chi connectivity index (χ1n) is 10.8. The predicted octanol–water partition coefficient (Wildman–Crippen LogP) is 2.84. The Morgan fingerprint density at radius 2 is 1.87 bits per heavy atom. The standard InChI is InChI=1S/C24H31N3O4/c1-26-14-16-27(17-15-26)24(29)20(9-3-2-4-13-23(28)25-30)18-31-22-12-7-10-19-8-5-6-11-21(19)22/h4-8,10-13,20,30H,2-3,9,14-18H2,1H3,(H,25,28). The van der Waals surface area contributed by atoms with E-state index in [-0.39, 0.29) is 11.8 Å². The largest absolute Gasteiger partial charge is 0.492 e. The lowest BCUT2D eigenvalue weighted by Gasteiger charge is -2.34. The fraction of sp³-hybridized carbons (Fsp3) is 0.417. The lowest BCUT2D eigenvalue weighted by Crippen LogP contribution is -2.49. The summed E-state index contributed by atoms with van der Waals surface area (Å²) in [5, 5.41) is 10.7. The molecule has 2 aromatic carbocycles. The zero-order valence-corrected chi connectivity index (χ0v) is 18.0. The molecule has 1 unspecified atom stereocenters. The van der Waals surface area contributed by atoms with Gasteiger partial charge in [0.2, 0.25) is 5.91 Å². The molecule has 1 atom stereocenters. The lowest BCUT2D eigenvalue weighted by atomic mass is 10.00. The third-order valence-electron chi connectivity index (χ3n) is 5.66. The summed E-state index contributed by atoms with van der Waals surface area (Å²) in [6, 6.07) is 14.0. The molecule has 1 fully saturated rings. The average Bonchev–Trinajstić information content (AvgIpc) is 2.80. The monoisotopic (exact) mass is 425 g/mol. The molecule has 1 aliphatic heterocycles. The van der Waals surface area contributed by atoms with Crippen molar-refractivity contribution in [2.24, 2.45) is 5.92 Å². The van der Waals surface area contributed by atoms with Crippen molar-refractivity contribution in [2.75, 3.05) is 39.8 Å². The molecule has 7 nitrogen and oxygen atoms in total. The van der Waals surface area contributed by atoms with Crippen molar-refractivity contribution >= 4 is 22.6 Å². The first kappa shape index (κ1) is 22.8. The van der Waals surface area contributed by atoms with Gasteiger partial charge in [-0.05, 0) is 37.8 Å². The number of nitrogens with zero attached hydrogens (tertiary/aromatic N) is 2. The molecule has 0 bridgehead atoms. The highest BCUT2D eigenvalue weighted by Gasteiger charge is 2.27. The molecule has 0 saturated carbocycles. The van der Waals surface area contributed by atoms with Gasteiger partial charge >= 0.3 is 0 Å². The maximum absolute atomic E-state index is 13.2. The van der Waals surface area contributed by atoms with Crippen molar-refractivity contribution in [3.8, 4) is 5.75 Å². The molecule has 0 radical (unpaired) electrons. The molecule has 0 aliphatic carbocycles. The minimum Gasteiger partial charge on any atom is -0.492 e. The number of piperazine rings is 1. The van der Waals surface area contributed by atoms with E-state index in [4.69, 9.17) is 9.94 Å². The van der Waals surface area contributed by atoms with Crippen LogP contribution in [0.2, 0.25) is 0 Å². The Bertz CT molecular complexity index is 901. The van der Waals surface area contributed by atoms with Gasteiger partial charge in [-0.3, -0.25) is 14.8 Å². The zero-order valence-electron chi connectivity index (χ0n) is 18.0. The molecule has 2 N–H and O–H groups in total. The summed E-state index contributed by atoms with van der Waals surface area (Å²) >= 11 is 0. The van der Waals surface area contributed by atoms with E-state index >= 15 is 0 Å². The minimum absolute atomic E-state index is 0.130. The highest BCUT2D eigenvalue weighted by atomic mass is 16.5. The summed E-state index contributed by atoms with van der Waals surface area (Å²) < 4.78 is 6.15. The van der Waals surface area contributed by atoms with Gasteiger partial charge in [-0.15, -0.1) is 0 Å². The van der Waals surface area contributed by atoms with Crippen LogP contribution in [0.15, 0.2) is 54.6 Å². The van der Waals surface area contributed by atoms with Gasteiger partial charge in [0.1, 0.15) is 5.75 Å². The summed E-state index contributed by atoms with van der Waals surface area (Å²) in [7, 11) is 2.07. The number of fused-ring (bicyclic) bond motifs is 1. The maximum atomic E-state index is 13.2. The zero-order chi connectivity index (χ0) is 22.1. The second kappa shape index (κ2) is 11.5. The Morgan fingerprint density at radius 3 is 2.65 bits per heavy atom. The van der Waals surface area contributed by atoms with Crippen LogP contribution in [0.25, 0.3) is 10.8 Å². The van der Waals surface area contributed by atoms with Crippen molar-refractivity contribution in [1.82, 2.24) is 15.3 Å². The molecule has 7 heteroatoms. The molecular formula is C24H31N3O4. The molecule has 1 aliphatic rings. The first-order valence-corrected chi connectivity index (χ1v) is 10.8. The number of likely N-dealkylation sites (N-methyl/N-ethyl adjacent to an activating group) is 1. The number of unbranched alkanes of at least 4 members (excludes halogenated alkanes) is 1. The summed E-state index contributed by atoms with van der Waals surface area (Å²) in [5.74, 6) is 0.117. The molecule has 166 valence electrons. The number of allylic oxidation sites excluding steroid dienone is 1. The van der Waals surface area contributed by atoms with Gasteiger partial charge in [0.25, 0.3) is 5.91 Å². The maximum Gasteiger partial charge on any atom is 0.267 e. The van der Waals surface area contributed by atoms with Crippen molar-refractivity contribution in [3.05, 3.63) is 54.6 Å². The normalized spacial score (nSPS) is 15.9. The Kier molecular flexibility index (Phi) is 8.44. The number of amides is 2. The molecule has 1 saturated heterocycles. The van der Waals surface area contributed by atoms with Crippen molar-refractivity contribution in [2.45, 2.75) is 19.3 Å². The molecule has 0 spiro atoms. The molecule has 0 aromatic heterocycles. The van der Waals surface area contributed by atoms with E-state index in [2.05, 4.69) is 11.9 Å². The molecule has 1 heterocycles. The quantitative estimate of drug-likeness (QED) is 0.279. The van der Waals surface area contributed by atoms with Crippen LogP contribution >= 0.6 is 0 Å². The van der Waals surface area contributed by atoms with Crippen LogP contribution in [0.4, 0.5) is 0 Å². The topological polar surface area (TPSA) is 82.1 Å². The van der Waals surface area contributed by atoms with Crippen molar-refractivity contribution in [1.29, 1.82) is 0 Å². The number of rotatable bonds is 9. The number of nitrogens with one attached hydrogen (secondary N) is 1. The lowest BCUT2D eigenvalue weighted by molar-refractivity contribution is -0.138. The van der Waals surface area contributed by atoms with Crippen LogP contribution in [0.3, 0.4) is 0 Å². The van der Waals surface area contributed by atoms with Gasteiger partial charge in [0.05, 0.1) is 12.5 Å². The number of carbonyl (C=O) groups is 2. The van der Waals surface area contributed by atoms with E-state index in [9.17, 15) is 9.59 Å². The second-order valence-electron chi connectivity index (χ2n) is 7.92. The minimum atomic E-state index is -0.552. The highest BCUT2D eigenvalue weighted by Crippen LogP contribution is 2.26. The van der Waals surface area contributed by atoms with Crippen LogP contribution < -0.4 is 10.2 Å². The van der Waals surface area contributed by atoms with Crippen LogP contribution in [0.5, 0.6) is 5.75 Å². The third-order valence-corrected chi connectivity index (χ3v) is 5.66.